The van der Waals surface area contributed by atoms with Gasteiger partial charge in [-0.2, -0.15) is 10.2 Å². The van der Waals surface area contributed by atoms with E-state index in [0.717, 1.165) is 12.2 Å². The lowest BCUT2D eigenvalue weighted by atomic mass is 10.1. The number of carbonyl (C=O) groups excluding carboxylic acids is 1. The summed E-state index contributed by atoms with van der Waals surface area (Å²) in [6.07, 6.45) is 3.27. The second-order valence-electron chi connectivity index (χ2n) is 4.96. The van der Waals surface area contributed by atoms with Crippen LogP contribution >= 0.6 is 15.9 Å². The summed E-state index contributed by atoms with van der Waals surface area (Å²) < 4.78 is 4.14. The third kappa shape index (κ3) is 2.83. The predicted molar refractivity (Wildman–Crippen MR) is 79.9 cm³/mol. The Bertz CT molecular complexity index is 629. The van der Waals surface area contributed by atoms with Crippen molar-refractivity contribution < 1.29 is 4.79 Å². The molecular weight excluding hydrogens is 322 g/mol. The first-order valence-corrected chi connectivity index (χ1v) is 7.10. The van der Waals surface area contributed by atoms with E-state index in [1.54, 1.807) is 21.8 Å². The van der Waals surface area contributed by atoms with Crippen LogP contribution in [-0.2, 0) is 13.6 Å². The van der Waals surface area contributed by atoms with Crippen molar-refractivity contribution >= 4 is 21.7 Å². The molecule has 2 rings (SSSR count). The molecule has 0 fully saturated rings. The van der Waals surface area contributed by atoms with Crippen LogP contribution in [0.1, 0.15) is 21.7 Å². The highest BCUT2D eigenvalue weighted by atomic mass is 79.9. The highest BCUT2D eigenvalue weighted by molar-refractivity contribution is 9.10. The Hall–Kier alpha value is -1.47. The van der Waals surface area contributed by atoms with Crippen molar-refractivity contribution in [3.63, 3.8) is 0 Å². The van der Waals surface area contributed by atoms with Crippen molar-refractivity contribution in [2.75, 3.05) is 20.6 Å². The van der Waals surface area contributed by atoms with Crippen LogP contribution in [0.4, 0.5) is 0 Å². The zero-order chi connectivity index (χ0) is 14.9. The molecular formula is C13H18BrN5O. The number of hydrogen-bond acceptors (Lipinski definition) is 4. The minimum Gasteiger partial charge on any atom is -0.308 e. The molecule has 0 aliphatic heterocycles. The van der Waals surface area contributed by atoms with E-state index in [2.05, 4.69) is 31.0 Å². The number of aromatic nitrogens is 4. The molecule has 0 atom stereocenters. The minimum atomic E-state index is -0.0567. The van der Waals surface area contributed by atoms with Gasteiger partial charge in [-0.1, -0.05) is 0 Å². The molecule has 0 aliphatic carbocycles. The molecule has 2 heterocycles. The molecule has 0 N–H and O–H groups in total. The van der Waals surface area contributed by atoms with E-state index in [4.69, 9.17) is 0 Å². The Morgan fingerprint density at radius 3 is 2.60 bits per heavy atom. The average Bonchev–Trinajstić information content (AvgIpc) is 2.91. The molecule has 0 aliphatic rings. The van der Waals surface area contributed by atoms with E-state index in [1.165, 1.54) is 0 Å². The van der Waals surface area contributed by atoms with E-state index in [9.17, 15) is 4.79 Å². The quantitative estimate of drug-likeness (QED) is 0.774. The number of likely N-dealkylation sites (N-methyl/N-ethyl adjacent to an activating group) is 1. The molecule has 0 aromatic carbocycles. The smallest absolute Gasteiger partial charge is 0.215 e. The van der Waals surface area contributed by atoms with Crippen LogP contribution < -0.4 is 0 Å². The van der Waals surface area contributed by atoms with E-state index >= 15 is 0 Å². The van der Waals surface area contributed by atoms with Crippen molar-refractivity contribution in [3.8, 4) is 0 Å². The summed E-state index contributed by atoms with van der Waals surface area (Å²) in [6, 6.07) is 0. The standard InChI is InChI=1S/C13H18BrN5O/c1-9-10(7-15-18(9)4)13(20)12-11(14)8-16-19(12)6-5-17(2)3/h7-8H,5-6H2,1-4H3. The molecule has 7 heteroatoms. The van der Waals surface area contributed by atoms with E-state index in [1.807, 2.05) is 28.1 Å². The number of hydrogen-bond donors (Lipinski definition) is 0. The Balaban J connectivity index is 2.34. The van der Waals surface area contributed by atoms with Crippen molar-refractivity contribution in [2.24, 2.45) is 7.05 Å². The minimum absolute atomic E-state index is 0.0567. The summed E-state index contributed by atoms with van der Waals surface area (Å²) in [6.45, 7) is 3.37. The summed E-state index contributed by atoms with van der Waals surface area (Å²) in [5.74, 6) is -0.0567. The second-order valence-corrected chi connectivity index (χ2v) is 5.82. The Morgan fingerprint density at radius 1 is 1.35 bits per heavy atom. The van der Waals surface area contributed by atoms with Crippen LogP contribution in [0, 0.1) is 6.92 Å². The van der Waals surface area contributed by atoms with Crippen molar-refractivity contribution in [1.82, 2.24) is 24.5 Å². The number of ketones is 1. The Kier molecular flexibility index (Phi) is 4.39. The SMILES string of the molecule is Cc1c(C(=O)c2c(Br)cnn2CCN(C)C)cnn1C. The molecule has 6 nitrogen and oxygen atoms in total. The van der Waals surface area contributed by atoms with Crippen molar-refractivity contribution in [2.45, 2.75) is 13.5 Å². The molecule has 0 unspecified atom stereocenters. The van der Waals surface area contributed by atoms with Crippen molar-refractivity contribution in [3.05, 3.63) is 33.8 Å². The van der Waals surface area contributed by atoms with Gasteiger partial charge in [-0.05, 0) is 36.9 Å². The maximum Gasteiger partial charge on any atom is 0.215 e. The van der Waals surface area contributed by atoms with E-state index in [-0.39, 0.29) is 5.78 Å². The summed E-state index contributed by atoms with van der Waals surface area (Å²) in [5.41, 5.74) is 2.03. The molecule has 0 radical (unpaired) electrons. The summed E-state index contributed by atoms with van der Waals surface area (Å²) in [5, 5.41) is 8.39. The van der Waals surface area contributed by atoms with Gasteiger partial charge < -0.3 is 4.90 Å². The molecule has 0 bridgehead atoms. The van der Waals surface area contributed by atoms with Gasteiger partial charge in [-0.25, -0.2) is 0 Å². The lowest BCUT2D eigenvalue weighted by Gasteiger charge is -2.11. The van der Waals surface area contributed by atoms with Crippen LogP contribution in [0.2, 0.25) is 0 Å². The first-order valence-electron chi connectivity index (χ1n) is 6.31. The zero-order valence-corrected chi connectivity index (χ0v) is 13.7. The fourth-order valence-corrected chi connectivity index (χ4v) is 2.38. The molecule has 0 saturated heterocycles. The summed E-state index contributed by atoms with van der Waals surface area (Å²) in [7, 11) is 5.81. The lowest BCUT2D eigenvalue weighted by Crippen LogP contribution is -2.22. The number of carbonyl (C=O) groups is 1. The van der Waals surface area contributed by atoms with Crippen molar-refractivity contribution in [1.29, 1.82) is 0 Å². The molecule has 0 spiro atoms. The first kappa shape index (κ1) is 14.9. The number of aryl methyl sites for hydroxylation is 1. The number of nitrogens with zero attached hydrogens (tertiary/aromatic N) is 5. The molecule has 2 aromatic heterocycles. The van der Waals surface area contributed by atoms with Gasteiger partial charge in [0.1, 0.15) is 5.69 Å². The maximum atomic E-state index is 12.7. The van der Waals surface area contributed by atoms with Crippen LogP contribution in [0.15, 0.2) is 16.9 Å². The van der Waals surface area contributed by atoms with E-state index < -0.39 is 0 Å². The van der Waals surface area contributed by atoms with Gasteiger partial charge in [0.2, 0.25) is 5.78 Å². The zero-order valence-electron chi connectivity index (χ0n) is 12.1. The topological polar surface area (TPSA) is 56.0 Å². The van der Waals surface area contributed by atoms with Gasteiger partial charge in [-0.3, -0.25) is 14.2 Å². The van der Waals surface area contributed by atoms with Crippen LogP contribution in [0.3, 0.4) is 0 Å². The Labute approximate surface area is 126 Å². The Morgan fingerprint density at radius 2 is 2.05 bits per heavy atom. The van der Waals surface area contributed by atoms with Crippen LogP contribution in [0.25, 0.3) is 0 Å². The largest absolute Gasteiger partial charge is 0.308 e. The van der Waals surface area contributed by atoms with Gasteiger partial charge in [0, 0.05) is 19.3 Å². The lowest BCUT2D eigenvalue weighted by molar-refractivity contribution is 0.102. The van der Waals surface area contributed by atoms with Crippen LogP contribution in [0.5, 0.6) is 0 Å². The van der Waals surface area contributed by atoms with E-state index in [0.29, 0.717) is 22.3 Å². The monoisotopic (exact) mass is 339 g/mol. The predicted octanol–water partition coefficient (Wildman–Crippen LogP) is 1.48. The second kappa shape index (κ2) is 5.88. The summed E-state index contributed by atoms with van der Waals surface area (Å²) >= 11 is 3.41. The molecule has 0 saturated carbocycles. The molecule has 108 valence electrons. The molecule has 0 amide bonds. The van der Waals surface area contributed by atoms with Gasteiger partial charge in [0.25, 0.3) is 0 Å². The highest BCUT2D eigenvalue weighted by Gasteiger charge is 2.22. The third-order valence-corrected chi connectivity index (χ3v) is 3.83. The van der Waals surface area contributed by atoms with Gasteiger partial charge >= 0.3 is 0 Å². The average molecular weight is 340 g/mol. The molecule has 2 aromatic rings. The fourth-order valence-electron chi connectivity index (χ4n) is 1.90. The van der Waals surface area contributed by atoms with Crippen LogP contribution in [-0.4, -0.2) is 50.9 Å². The third-order valence-electron chi connectivity index (χ3n) is 3.25. The molecule has 20 heavy (non-hydrogen) atoms. The fraction of sp³-hybridized carbons (Fsp3) is 0.462. The first-order chi connectivity index (χ1) is 9.41. The van der Waals surface area contributed by atoms with Gasteiger partial charge in [0.15, 0.2) is 0 Å². The normalized spacial score (nSPS) is 11.3. The number of halogens is 1. The summed E-state index contributed by atoms with van der Waals surface area (Å²) in [4.78, 5) is 14.7. The van der Waals surface area contributed by atoms with Gasteiger partial charge in [0.05, 0.1) is 29.0 Å². The maximum absolute atomic E-state index is 12.7. The van der Waals surface area contributed by atoms with Gasteiger partial charge in [-0.15, -0.1) is 0 Å². The highest BCUT2D eigenvalue weighted by Crippen LogP contribution is 2.21. The number of rotatable bonds is 5.